The Morgan fingerprint density at radius 1 is 1.35 bits per heavy atom. The summed E-state index contributed by atoms with van der Waals surface area (Å²) in [7, 11) is 1.63. The first-order valence-electron chi connectivity index (χ1n) is 8.52. The van der Waals surface area contributed by atoms with Crippen LogP contribution >= 0.6 is 11.3 Å². The quantitative estimate of drug-likeness (QED) is 0.839. The van der Waals surface area contributed by atoms with Crippen LogP contribution in [0.1, 0.15) is 30.8 Å². The number of anilines is 1. The van der Waals surface area contributed by atoms with Gasteiger partial charge < -0.3 is 15.0 Å². The molecule has 0 radical (unpaired) electrons. The Hall–Kier alpha value is -2.48. The van der Waals surface area contributed by atoms with Crippen molar-refractivity contribution < 1.29 is 14.3 Å². The topological polar surface area (TPSA) is 84.4 Å². The van der Waals surface area contributed by atoms with E-state index in [2.05, 4.69) is 15.5 Å². The third-order valence-electron chi connectivity index (χ3n) is 4.36. The van der Waals surface area contributed by atoms with Gasteiger partial charge in [-0.05, 0) is 31.5 Å². The molecule has 0 spiro atoms. The van der Waals surface area contributed by atoms with Crippen molar-refractivity contribution in [3.63, 3.8) is 0 Å². The van der Waals surface area contributed by atoms with Gasteiger partial charge in [-0.3, -0.25) is 9.59 Å². The molecule has 1 aromatic carbocycles. The molecule has 1 aliphatic rings. The maximum atomic E-state index is 12.4. The number of hydrogen-bond acceptors (Lipinski definition) is 6. The molecule has 0 bridgehead atoms. The molecule has 0 saturated carbocycles. The third kappa shape index (κ3) is 4.19. The zero-order valence-electron chi connectivity index (χ0n) is 15.1. The SMILES string of the molecule is COc1ccc(Cc2nnc(NC(=O)[C@@H]3CC(=O)N(C(C)C)C3)s2)cc1. The Balaban J connectivity index is 1.58. The first-order valence-corrected chi connectivity index (χ1v) is 9.33. The number of carbonyl (C=O) groups excluding carboxylic acids is 2. The van der Waals surface area contributed by atoms with E-state index in [1.54, 1.807) is 12.0 Å². The summed E-state index contributed by atoms with van der Waals surface area (Å²) >= 11 is 1.35. The molecular formula is C18H22N4O3S. The first kappa shape index (κ1) is 18.3. The highest BCUT2D eigenvalue weighted by Crippen LogP contribution is 2.24. The van der Waals surface area contributed by atoms with E-state index in [0.29, 0.717) is 18.1 Å². The number of methoxy groups -OCH3 is 1. The molecule has 0 unspecified atom stereocenters. The molecule has 1 saturated heterocycles. The molecule has 0 aliphatic carbocycles. The summed E-state index contributed by atoms with van der Waals surface area (Å²) in [6, 6.07) is 7.86. The average Bonchev–Trinajstić information content (AvgIpc) is 3.22. The predicted molar refractivity (Wildman–Crippen MR) is 99.3 cm³/mol. The highest BCUT2D eigenvalue weighted by Gasteiger charge is 2.35. The van der Waals surface area contributed by atoms with Gasteiger partial charge in [0, 0.05) is 25.4 Å². The number of carbonyl (C=O) groups is 2. The van der Waals surface area contributed by atoms with E-state index in [9.17, 15) is 9.59 Å². The summed E-state index contributed by atoms with van der Waals surface area (Å²) < 4.78 is 5.15. The molecule has 1 atom stereocenters. The smallest absolute Gasteiger partial charge is 0.231 e. The van der Waals surface area contributed by atoms with Crippen molar-refractivity contribution in [2.75, 3.05) is 19.0 Å². The van der Waals surface area contributed by atoms with Gasteiger partial charge in [-0.1, -0.05) is 23.5 Å². The minimum Gasteiger partial charge on any atom is -0.497 e. The normalized spacial score (nSPS) is 17.0. The van der Waals surface area contributed by atoms with Gasteiger partial charge >= 0.3 is 0 Å². The maximum Gasteiger partial charge on any atom is 0.231 e. The van der Waals surface area contributed by atoms with Crippen molar-refractivity contribution in [3.8, 4) is 5.75 Å². The molecular weight excluding hydrogens is 352 g/mol. The van der Waals surface area contributed by atoms with Gasteiger partial charge in [-0.25, -0.2) is 0 Å². The number of hydrogen-bond donors (Lipinski definition) is 1. The van der Waals surface area contributed by atoms with Gasteiger partial charge in [0.05, 0.1) is 13.0 Å². The van der Waals surface area contributed by atoms with Crippen LogP contribution < -0.4 is 10.1 Å². The first-order chi connectivity index (χ1) is 12.5. The number of amides is 2. The van der Waals surface area contributed by atoms with E-state index >= 15 is 0 Å². The minimum absolute atomic E-state index is 0.0256. The fourth-order valence-corrected chi connectivity index (χ4v) is 3.68. The molecule has 1 aromatic heterocycles. The highest BCUT2D eigenvalue weighted by molar-refractivity contribution is 7.15. The lowest BCUT2D eigenvalue weighted by molar-refractivity contribution is -0.129. The van der Waals surface area contributed by atoms with Crippen LogP contribution in [0.2, 0.25) is 0 Å². The van der Waals surface area contributed by atoms with Crippen LogP contribution in [0.15, 0.2) is 24.3 Å². The summed E-state index contributed by atoms with van der Waals surface area (Å²) in [5, 5.41) is 12.3. The molecule has 2 heterocycles. The van der Waals surface area contributed by atoms with Gasteiger partial charge in [-0.15, -0.1) is 10.2 Å². The van der Waals surface area contributed by atoms with E-state index in [-0.39, 0.29) is 30.2 Å². The summed E-state index contributed by atoms with van der Waals surface area (Å²) in [6.07, 6.45) is 0.891. The van der Waals surface area contributed by atoms with Gasteiger partial charge in [0.1, 0.15) is 10.8 Å². The largest absolute Gasteiger partial charge is 0.497 e. The zero-order valence-corrected chi connectivity index (χ0v) is 15.9. The van der Waals surface area contributed by atoms with Crippen LogP contribution in [0.4, 0.5) is 5.13 Å². The van der Waals surface area contributed by atoms with Crippen LogP contribution in [-0.4, -0.2) is 46.6 Å². The van der Waals surface area contributed by atoms with Gasteiger partial charge in [0.25, 0.3) is 0 Å². The number of aromatic nitrogens is 2. The maximum absolute atomic E-state index is 12.4. The summed E-state index contributed by atoms with van der Waals surface area (Å²) in [6.45, 7) is 4.36. The zero-order chi connectivity index (χ0) is 18.7. The van der Waals surface area contributed by atoms with Crippen LogP contribution in [-0.2, 0) is 16.0 Å². The van der Waals surface area contributed by atoms with E-state index in [4.69, 9.17) is 4.74 Å². The number of likely N-dealkylation sites (tertiary alicyclic amines) is 1. The van der Waals surface area contributed by atoms with Crippen LogP contribution in [0.25, 0.3) is 0 Å². The predicted octanol–water partition coefficient (Wildman–Crippen LogP) is 2.33. The third-order valence-corrected chi connectivity index (χ3v) is 5.20. The number of benzene rings is 1. The highest BCUT2D eigenvalue weighted by atomic mass is 32.1. The number of rotatable bonds is 6. The summed E-state index contributed by atoms with van der Waals surface area (Å²) in [5.74, 6) is 0.325. The molecule has 26 heavy (non-hydrogen) atoms. The molecule has 8 heteroatoms. The van der Waals surface area contributed by atoms with Gasteiger partial charge in [0.2, 0.25) is 16.9 Å². The Labute approximate surface area is 156 Å². The fourth-order valence-electron chi connectivity index (χ4n) is 2.91. The molecule has 1 N–H and O–H groups in total. The lowest BCUT2D eigenvalue weighted by atomic mass is 10.1. The second-order valence-corrected chi connectivity index (χ2v) is 7.62. The Morgan fingerprint density at radius 2 is 2.08 bits per heavy atom. The van der Waals surface area contributed by atoms with Crippen molar-refractivity contribution in [3.05, 3.63) is 34.8 Å². The van der Waals surface area contributed by atoms with Crippen molar-refractivity contribution in [2.45, 2.75) is 32.7 Å². The average molecular weight is 374 g/mol. The molecule has 1 fully saturated rings. The van der Waals surface area contributed by atoms with Crippen molar-refractivity contribution >= 4 is 28.3 Å². The number of nitrogens with one attached hydrogen (secondary N) is 1. The Morgan fingerprint density at radius 3 is 2.69 bits per heavy atom. The molecule has 138 valence electrons. The van der Waals surface area contributed by atoms with E-state index in [0.717, 1.165) is 16.3 Å². The Bertz CT molecular complexity index is 788. The van der Waals surface area contributed by atoms with Crippen molar-refractivity contribution in [2.24, 2.45) is 5.92 Å². The van der Waals surface area contributed by atoms with Crippen LogP contribution in [0.3, 0.4) is 0 Å². The van der Waals surface area contributed by atoms with E-state index in [1.807, 2.05) is 38.1 Å². The van der Waals surface area contributed by atoms with Crippen LogP contribution in [0.5, 0.6) is 5.75 Å². The van der Waals surface area contributed by atoms with Gasteiger partial charge in [0.15, 0.2) is 0 Å². The molecule has 1 aliphatic heterocycles. The fraction of sp³-hybridized carbons (Fsp3) is 0.444. The second kappa shape index (κ2) is 7.82. The van der Waals surface area contributed by atoms with Crippen LogP contribution in [0, 0.1) is 5.92 Å². The monoisotopic (exact) mass is 374 g/mol. The lowest BCUT2D eigenvalue weighted by Crippen LogP contribution is -2.33. The van der Waals surface area contributed by atoms with Crippen molar-refractivity contribution in [1.29, 1.82) is 0 Å². The van der Waals surface area contributed by atoms with Crippen molar-refractivity contribution in [1.82, 2.24) is 15.1 Å². The summed E-state index contributed by atoms with van der Waals surface area (Å²) in [5.41, 5.74) is 1.09. The second-order valence-electron chi connectivity index (χ2n) is 6.56. The number of nitrogens with zero attached hydrogens (tertiary/aromatic N) is 3. The molecule has 2 amide bonds. The van der Waals surface area contributed by atoms with E-state index < -0.39 is 0 Å². The lowest BCUT2D eigenvalue weighted by Gasteiger charge is -2.20. The summed E-state index contributed by atoms with van der Waals surface area (Å²) in [4.78, 5) is 26.1. The minimum atomic E-state index is -0.334. The molecule has 7 nitrogen and oxygen atoms in total. The standard InChI is InChI=1S/C18H22N4O3S/c1-11(2)22-10-13(9-16(22)23)17(24)19-18-21-20-15(26-18)8-12-4-6-14(25-3)7-5-12/h4-7,11,13H,8-10H2,1-3H3,(H,19,21,24)/t13-/m1/s1. The van der Waals surface area contributed by atoms with E-state index in [1.165, 1.54) is 11.3 Å². The molecule has 2 aromatic rings. The van der Waals surface area contributed by atoms with Gasteiger partial charge in [-0.2, -0.15) is 0 Å². The molecule has 3 rings (SSSR count). The number of ether oxygens (including phenoxy) is 1. The Kier molecular flexibility index (Phi) is 5.51.